The summed E-state index contributed by atoms with van der Waals surface area (Å²) in [5.41, 5.74) is 12.1. The van der Waals surface area contributed by atoms with Crippen LogP contribution in [0.5, 0.6) is 0 Å². The average molecular weight is 851 g/mol. The Morgan fingerprint density at radius 3 is 2.19 bits per heavy atom. The summed E-state index contributed by atoms with van der Waals surface area (Å²) in [5, 5.41) is 4.61. The summed E-state index contributed by atoms with van der Waals surface area (Å²) in [4.78, 5) is 15.6. The molecular weight excluding hydrogens is 818 g/mol. The third kappa shape index (κ3) is 4.95. The molecule has 252 valence electrons. The van der Waals surface area contributed by atoms with Crippen LogP contribution in [0.1, 0.15) is 26.3 Å². The maximum atomic E-state index is 5.56. The minimum atomic E-state index is -0.0763. The fourth-order valence-corrected chi connectivity index (χ4v) is 7.60. The standard InChI is InChI=1S/C46H33N5.Pt/c1-46(2,3)30-27-37-34-18-7-9-22-39(34)48-42(37)38(28-30)45-49-43-33(20-12-24-41(43)50(45)31-15-5-4-6-16-31)29-14-11-17-32(26-29)51-40-23-10-8-19-35(40)36-21-13-25-47-44(36)51;/h4-25,27-28H,1-3H3;/q-2;+2. The molecule has 4 aromatic heterocycles. The van der Waals surface area contributed by atoms with E-state index in [0.717, 1.165) is 83.3 Å². The van der Waals surface area contributed by atoms with Crippen LogP contribution in [0.2, 0.25) is 0 Å². The Bertz CT molecular complexity index is 2910. The molecular formula is C46H33N5Pt. The Hall–Kier alpha value is -5.77. The molecule has 0 unspecified atom stereocenters. The second kappa shape index (κ2) is 12.2. The van der Waals surface area contributed by atoms with Crippen LogP contribution in [0, 0.1) is 6.07 Å². The third-order valence-corrected chi connectivity index (χ3v) is 10.1. The minimum Gasteiger partial charge on any atom is -0.656 e. The maximum absolute atomic E-state index is 5.56. The zero-order valence-corrected chi connectivity index (χ0v) is 31.2. The summed E-state index contributed by atoms with van der Waals surface area (Å²) >= 11 is 0. The van der Waals surface area contributed by atoms with E-state index < -0.39 is 0 Å². The van der Waals surface area contributed by atoms with E-state index in [0.29, 0.717) is 0 Å². The third-order valence-electron chi connectivity index (χ3n) is 10.1. The smallest absolute Gasteiger partial charge is 0.656 e. The van der Waals surface area contributed by atoms with Gasteiger partial charge in [0.1, 0.15) is 11.5 Å². The van der Waals surface area contributed by atoms with Crippen LogP contribution in [0.3, 0.4) is 0 Å². The van der Waals surface area contributed by atoms with Crippen LogP contribution < -0.4 is 4.98 Å². The zero-order chi connectivity index (χ0) is 34.3. The topological polar surface area (TPSA) is 49.7 Å². The molecule has 4 heterocycles. The van der Waals surface area contributed by atoms with Crippen molar-refractivity contribution < 1.29 is 21.1 Å². The number of fused-ring (bicyclic) bond motifs is 7. The SMILES string of the molecule is CC(C)(C)c1cc(-c2nc3c(-c4[c-]c(-n5c6ccccc6c6cccnc65)ccc4)cccc3n2-c2ccccc2)c2[n-]c3ccccc3c2c1.[Pt+2]. The normalized spacial score (nSPS) is 12.0. The molecule has 0 bridgehead atoms. The summed E-state index contributed by atoms with van der Waals surface area (Å²) in [7, 11) is 0. The fourth-order valence-electron chi connectivity index (χ4n) is 7.60. The molecule has 0 radical (unpaired) electrons. The van der Waals surface area contributed by atoms with E-state index >= 15 is 0 Å². The summed E-state index contributed by atoms with van der Waals surface area (Å²) in [6, 6.07) is 52.8. The van der Waals surface area contributed by atoms with Gasteiger partial charge in [0.15, 0.2) is 0 Å². The van der Waals surface area contributed by atoms with Crippen molar-refractivity contribution in [3.05, 3.63) is 157 Å². The molecule has 6 aromatic carbocycles. The van der Waals surface area contributed by atoms with Gasteiger partial charge in [-0.05, 0) is 69.9 Å². The summed E-state index contributed by atoms with van der Waals surface area (Å²) < 4.78 is 4.50. The van der Waals surface area contributed by atoms with Gasteiger partial charge < -0.3 is 9.55 Å². The average Bonchev–Trinajstić information content (AvgIpc) is 3.84. The molecule has 0 aliphatic rings. The van der Waals surface area contributed by atoms with E-state index in [1.165, 1.54) is 10.9 Å². The Labute approximate surface area is 315 Å². The number of nitrogens with zero attached hydrogens (tertiary/aromatic N) is 5. The number of hydrogen-bond donors (Lipinski definition) is 0. The van der Waals surface area contributed by atoms with Crippen LogP contribution in [-0.4, -0.2) is 19.1 Å². The van der Waals surface area contributed by atoms with Crippen LogP contribution in [-0.2, 0) is 26.5 Å². The Kier molecular flexibility index (Phi) is 7.53. The Morgan fingerprint density at radius 2 is 1.35 bits per heavy atom. The first-order chi connectivity index (χ1) is 24.9. The van der Waals surface area contributed by atoms with Gasteiger partial charge in [-0.2, -0.15) is 0 Å². The number of benzene rings is 6. The van der Waals surface area contributed by atoms with Crippen molar-refractivity contribution in [3.8, 4) is 33.9 Å². The molecule has 0 saturated heterocycles. The first kappa shape index (κ1) is 32.2. The van der Waals surface area contributed by atoms with Crippen LogP contribution >= 0.6 is 0 Å². The number of hydrogen-bond acceptors (Lipinski definition) is 2. The maximum Gasteiger partial charge on any atom is 2.00 e. The number of imidazole rings is 1. The molecule has 0 aliphatic carbocycles. The van der Waals surface area contributed by atoms with Crippen LogP contribution in [0.4, 0.5) is 0 Å². The second-order valence-corrected chi connectivity index (χ2v) is 14.3. The zero-order valence-electron chi connectivity index (χ0n) is 28.9. The molecule has 0 atom stereocenters. The van der Waals surface area contributed by atoms with Crippen molar-refractivity contribution in [3.63, 3.8) is 0 Å². The quantitative estimate of drug-likeness (QED) is 0.166. The summed E-state index contributed by atoms with van der Waals surface area (Å²) in [5.74, 6) is 0.866. The van der Waals surface area contributed by atoms with Gasteiger partial charge in [0, 0.05) is 28.2 Å². The van der Waals surface area contributed by atoms with Gasteiger partial charge in [-0.1, -0.05) is 105 Å². The molecule has 0 aliphatic heterocycles. The van der Waals surface area contributed by atoms with E-state index in [-0.39, 0.29) is 26.5 Å². The molecule has 0 saturated carbocycles. The molecule has 0 N–H and O–H groups in total. The number of rotatable bonds is 4. The van der Waals surface area contributed by atoms with Crippen molar-refractivity contribution in [1.82, 2.24) is 24.1 Å². The van der Waals surface area contributed by atoms with E-state index in [1.807, 2.05) is 12.3 Å². The van der Waals surface area contributed by atoms with Crippen molar-refractivity contribution in [1.29, 1.82) is 0 Å². The monoisotopic (exact) mass is 850 g/mol. The van der Waals surface area contributed by atoms with Gasteiger partial charge in [-0.15, -0.1) is 40.9 Å². The Balaban J connectivity index is 0.00000360. The summed E-state index contributed by atoms with van der Waals surface area (Å²) in [6.07, 6.45) is 1.86. The van der Waals surface area contributed by atoms with Gasteiger partial charge in [-0.3, -0.25) is 4.57 Å². The molecule has 0 amide bonds. The van der Waals surface area contributed by atoms with E-state index in [9.17, 15) is 0 Å². The fraction of sp³-hybridized carbons (Fsp3) is 0.0870. The molecule has 10 aromatic rings. The van der Waals surface area contributed by atoms with Gasteiger partial charge in [0.05, 0.1) is 16.6 Å². The van der Waals surface area contributed by atoms with Gasteiger partial charge in [0.25, 0.3) is 0 Å². The largest absolute Gasteiger partial charge is 2.00 e. The first-order valence-corrected chi connectivity index (χ1v) is 17.4. The van der Waals surface area contributed by atoms with E-state index in [4.69, 9.17) is 15.0 Å². The van der Waals surface area contributed by atoms with Gasteiger partial charge in [0.2, 0.25) is 0 Å². The minimum absolute atomic E-state index is 0. The molecule has 0 spiro atoms. The molecule has 6 heteroatoms. The van der Waals surface area contributed by atoms with E-state index in [1.54, 1.807) is 0 Å². The summed E-state index contributed by atoms with van der Waals surface area (Å²) in [6.45, 7) is 6.80. The van der Waals surface area contributed by atoms with Gasteiger partial charge >= 0.3 is 21.1 Å². The van der Waals surface area contributed by atoms with Crippen molar-refractivity contribution >= 4 is 54.8 Å². The number of para-hydroxylation sites is 4. The van der Waals surface area contributed by atoms with Crippen LogP contribution in [0.15, 0.2) is 146 Å². The molecule has 10 rings (SSSR count). The van der Waals surface area contributed by atoms with Gasteiger partial charge in [-0.25, -0.2) is 9.97 Å². The predicted octanol–water partition coefficient (Wildman–Crippen LogP) is 11.2. The molecule has 52 heavy (non-hydrogen) atoms. The number of pyridine rings is 1. The molecule has 5 nitrogen and oxygen atoms in total. The van der Waals surface area contributed by atoms with E-state index in [2.05, 4.69) is 169 Å². The van der Waals surface area contributed by atoms with Crippen molar-refractivity contribution in [2.75, 3.05) is 0 Å². The van der Waals surface area contributed by atoms with Crippen molar-refractivity contribution in [2.45, 2.75) is 26.2 Å². The van der Waals surface area contributed by atoms with Crippen LogP contribution in [0.25, 0.3) is 88.7 Å². The Morgan fingerprint density at radius 1 is 0.615 bits per heavy atom. The second-order valence-electron chi connectivity index (χ2n) is 14.3. The number of aromatic nitrogens is 5. The first-order valence-electron chi connectivity index (χ1n) is 17.4. The predicted molar refractivity (Wildman–Crippen MR) is 210 cm³/mol. The molecule has 0 fully saturated rings. The van der Waals surface area contributed by atoms with Crippen molar-refractivity contribution in [2.24, 2.45) is 0 Å².